The van der Waals surface area contributed by atoms with Gasteiger partial charge in [0.05, 0.1) is 12.7 Å². The van der Waals surface area contributed by atoms with Gasteiger partial charge in [-0.05, 0) is 29.0 Å². The minimum atomic E-state index is -0.0406. The highest BCUT2D eigenvalue weighted by Gasteiger charge is 2.24. The zero-order chi connectivity index (χ0) is 15.6. The Morgan fingerprint density at radius 1 is 1.22 bits per heavy atom. The topological polar surface area (TPSA) is 51.0 Å². The molecule has 1 aromatic carbocycles. The first-order chi connectivity index (χ1) is 11.3. The lowest BCUT2D eigenvalue weighted by molar-refractivity contribution is 0.0730. The number of rotatable bonds is 3. The van der Waals surface area contributed by atoms with Crippen LogP contribution in [0.2, 0.25) is 0 Å². The smallest absolute Gasteiger partial charge is 0.276 e. The van der Waals surface area contributed by atoms with E-state index in [1.807, 2.05) is 35.2 Å². The zero-order valence-corrected chi connectivity index (χ0v) is 13.4. The normalized spacial score (nSPS) is 13.8. The predicted molar refractivity (Wildman–Crippen MR) is 88.3 cm³/mol. The fraction of sp³-hybridized carbons (Fsp3) is 0.235. The maximum absolute atomic E-state index is 12.6. The highest BCUT2D eigenvalue weighted by molar-refractivity contribution is 7.10. The molecule has 23 heavy (non-hydrogen) atoms. The third-order valence-electron chi connectivity index (χ3n) is 4.04. The molecule has 1 amide bonds. The molecule has 0 fully saturated rings. The number of nitrogens with zero attached hydrogens (tertiary/aromatic N) is 4. The second kappa shape index (κ2) is 5.96. The van der Waals surface area contributed by atoms with Crippen molar-refractivity contribution in [2.75, 3.05) is 6.54 Å². The molecule has 1 aliphatic heterocycles. The van der Waals surface area contributed by atoms with Gasteiger partial charge in [0.1, 0.15) is 0 Å². The Balaban J connectivity index is 1.47. The van der Waals surface area contributed by atoms with Crippen molar-refractivity contribution in [3.63, 3.8) is 0 Å². The van der Waals surface area contributed by atoms with Gasteiger partial charge >= 0.3 is 0 Å². The van der Waals surface area contributed by atoms with E-state index < -0.39 is 0 Å². The molecule has 0 N–H and O–H groups in total. The van der Waals surface area contributed by atoms with Crippen LogP contribution in [0.25, 0.3) is 0 Å². The first-order valence-electron chi connectivity index (χ1n) is 7.58. The summed E-state index contributed by atoms with van der Waals surface area (Å²) in [5.41, 5.74) is 2.81. The third-order valence-corrected chi connectivity index (χ3v) is 5.06. The van der Waals surface area contributed by atoms with Gasteiger partial charge in [-0.1, -0.05) is 35.5 Å². The minimum Gasteiger partial charge on any atom is -0.332 e. The Kier molecular flexibility index (Phi) is 3.67. The first kappa shape index (κ1) is 14.1. The van der Waals surface area contributed by atoms with Crippen LogP contribution in [-0.4, -0.2) is 32.3 Å². The van der Waals surface area contributed by atoms with Crippen molar-refractivity contribution in [1.29, 1.82) is 0 Å². The average Bonchev–Trinajstić information content (AvgIpc) is 3.23. The molecular formula is C17H16N4OS. The molecule has 0 saturated heterocycles. The molecule has 1 aliphatic rings. The number of hydrogen-bond donors (Lipinski definition) is 0. The van der Waals surface area contributed by atoms with Gasteiger partial charge < -0.3 is 4.90 Å². The quantitative estimate of drug-likeness (QED) is 0.744. The molecule has 2 aromatic heterocycles. The minimum absolute atomic E-state index is 0.0406. The van der Waals surface area contributed by atoms with Gasteiger partial charge in [-0.15, -0.1) is 16.4 Å². The third kappa shape index (κ3) is 2.90. The summed E-state index contributed by atoms with van der Waals surface area (Å²) in [7, 11) is 0. The van der Waals surface area contributed by atoms with Crippen LogP contribution in [0.3, 0.4) is 0 Å². The lowest BCUT2D eigenvalue weighted by Crippen LogP contribution is -2.35. The SMILES string of the molecule is O=C(c1cn(Cc2ccccc2)nn1)N1CCc2sccc2C1. The van der Waals surface area contributed by atoms with Gasteiger partial charge in [-0.25, -0.2) is 4.68 Å². The average molecular weight is 324 g/mol. The number of carbonyl (C=O) groups excluding carboxylic acids is 1. The molecule has 3 aromatic rings. The van der Waals surface area contributed by atoms with E-state index in [2.05, 4.69) is 21.8 Å². The highest BCUT2D eigenvalue weighted by Crippen LogP contribution is 2.24. The summed E-state index contributed by atoms with van der Waals surface area (Å²) >= 11 is 1.77. The molecular weight excluding hydrogens is 308 g/mol. The summed E-state index contributed by atoms with van der Waals surface area (Å²) < 4.78 is 1.71. The van der Waals surface area contributed by atoms with Gasteiger partial charge in [-0.3, -0.25) is 4.79 Å². The van der Waals surface area contributed by atoms with Crippen LogP contribution in [0.5, 0.6) is 0 Å². The van der Waals surface area contributed by atoms with Crippen molar-refractivity contribution >= 4 is 17.2 Å². The molecule has 0 radical (unpaired) electrons. The summed E-state index contributed by atoms with van der Waals surface area (Å²) in [5, 5.41) is 10.2. The molecule has 116 valence electrons. The van der Waals surface area contributed by atoms with Crippen molar-refractivity contribution in [3.8, 4) is 0 Å². The number of amides is 1. The molecule has 6 heteroatoms. The number of hydrogen-bond acceptors (Lipinski definition) is 4. The van der Waals surface area contributed by atoms with Crippen LogP contribution in [0.15, 0.2) is 48.0 Å². The van der Waals surface area contributed by atoms with Crippen LogP contribution in [0.4, 0.5) is 0 Å². The largest absolute Gasteiger partial charge is 0.332 e. The van der Waals surface area contributed by atoms with Crippen molar-refractivity contribution < 1.29 is 4.79 Å². The fourth-order valence-electron chi connectivity index (χ4n) is 2.83. The van der Waals surface area contributed by atoms with Crippen molar-refractivity contribution in [2.24, 2.45) is 0 Å². The molecule has 0 saturated carbocycles. The van der Waals surface area contributed by atoms with E-state index in [9.17, 15) is 4.79 Å². The van der Waals surface area contributed by atoms with Crippen LogP contribution in [0, 0.1) is 0 Å². The number of carbonyl (C=O) groups is 1. The van der Waals surface area contributed by atoms with Gasteiger partial charge in [0.15, 0.2) is 5.69 Å². The molecule has 0 unspecified atom stereocenters. The molecule has 5 nitrogen and oxygen atoms in total. The van der Waals surface area contributed by atoms with Gasteiger partial charge in [0.25, 0.3) is 5.91 Å². The second-order valence-electron chi connectivity index (χ2n) is 5.63. The Labute approximate surface area is 138 Å². The summed E-state index contributed by atoms with van der Waals surface area (Å²) in [6, 6.07) is 12.1. The molecule has 4 rings (SSSR count). The Morgan fingerprint density at radius 3 is 2.96 bits per heavy atom. The number of fused-ring (bicyclic) bond motifs is 1. The monoisotopic (exact) mass is 324 g/mol. The maximum Gasteiger partial charge on any atom is 0.276 e. The lowest BCUT2D eigenvalue weighted by atomic mass is 10.1. The zero-order valence-electron chi connectivity index (χ0n) is 12.6. The van der Waals surface area contributed by atoms with Gasteiger partial charge in [0.2, 0.25) is 0 Å². The Hall–Kier alpha value is -2.47. The maximum atomic E-state index is 12.6. The van der Waals surface area contributed by atoms with Crippen LogP contribution >= 0.6 is 11.3 Å². The van der Waals surface area contributed by atoms with E-state index in [1.165, 1.54) is 10.4 Å². The summed E-state index contributed by atoms with van der Waals surface area (Å²) in [6.07, 6.45) is 2.66. The predicted octanol–water partition coefficient (Wildman–Crippen LogP) is 2.59. The van der Waals surface area contributed by atoms with Crippen molar-refractivity contribution in [3.05, 3.63) is 69.7 Å². The van der Waals surface area contributed by atoms with Crippen LogP contribution in [0.1, 0.15) is 26.5 Å². The van der Waals surface area contributed by atoms with Crippen molar-refractivity contribution in [2.45, 2.75) is 19.5 Å². The molecule has 0 spiro atoms. The first-order valence-corrected chi connectivity index (χ1v) is 8.46. The second-order valence-corrected chi connectivity index (χ2v) is 6.63. The molecule has 0 bridgehead atoms. The molecule has 3 heterocycles. The standard InChI is InChI=1S/C17H16N4OS/c22-17(20-8-6-16-14(11-20)7-9-23-16)15-12-21(19-18-15)10-13-4-2-1-3-5-13/h1-5,7,9,12H,6,8,10-11H2. The van der Waals surface area contributed by atoms with Crippen LogP contribution < -0.4 is 0 Å². The van der Waals surface area contributed by atoms with E-state index >= 15 is 0 Å². The molecule has 0 atom stereocenters. The summed E-state index contributed by atoms with van der Waals surface area (Å²) in [6.45, 7) is 2.04. The number of benzene rings is 1. The highest BCUT2D eigenvalue weighted by atomic mass is 32.1. The van der Waals surface area contributed by atoms with E-state index in [0.717, 1.165) is 18.5 Å². The van der Waals surface area contributed by atoms with Crippen molar-refractivity contribution in [1.82, 2.24) is 19.9 Å². The molecule has 0 aliphatic carbocycles. The van der Waals surface area contributed by atoms with Gasteiger partial charge in [0, 0.05) is 18.0 Å². The summed E-state index contributed by atoms with van der Waals surface area (Å²) in [5.74, 6) is -0.0406. The lowest BCUT2D eigenvalue weighted by Gasteiger charge is -2.26. The van der Waals surface area contributed by atoms with E-state index in [0.29, 0.717) is 18.8 Å². The Morgan fingerprint density at radius 2 is 2.09 bits per heavy atom. The van der Waals surface area contributed by atoms with Gasteiger partial charge in [-0.2, -0.15) is 0 Å². The van der Waals surface area contributed by atoms with E-state index in [-0.39, 0.29) is 5.91 Å². The van der Waals surface area contributed by atoms with E-state index in [4.69, 9.17) is 0 Å². The number of thiophene rings is 1. The Bertz CT molecular complexity index is 824. The van der Waals surface area contributed by atoms with Crippen LogP contribution in [-0.2, 0) is 19.5 Å². The fourth-order valence-corrected chi connectivity index (χ4v) is 3.72. The van der Waals surface area contributed by atoms with E-state index in [1.54, 1.807) is 22.2 Å². The number of aromatic nitrogens is 3. The summed E-state index contributed by atoms with van der Waals surface area (Å²) in [4.78, 5) is 15.9.